The van der Waals surface area contributed by atoms with Gasteiger partial charge in [0.1, 0.15) is 0 Å². The van der Waals surface area contributed by atoms with Crippen molar-refractivity contribution < 1.29 is 9.47 Å². The van der Waals surface area contributed by atoms with Gasteiger partial charge in [-0.1, -0.05) is 176 Å². The summed E-state index contributed by atoms with van der Waals surface area (Å²) in [5.41, 5.74) is 20.2. The van der Waals surface area contributed by atoms with Crippen LogP contribution in [0.5, 0.6) is 11.5 Å². The minimum atomic E-state index is -0.374. The quantitative estimate of drug-likeness (QED) is 0.142. The second-order valence-electron chi connectivity index (χ2n) is 19.5. The van der Waals surface area contributed by atoms with Gasteiger partial charge >= 0.3 is 0 Å². The number of ether oxygens (including phenoxy) is 2. The molecule has 0 N–H and O–H groups in total. The van der Waals surface area contributed by atoms with E-state index in [0.29, 0.717) is 5.75 Å². The first-order valence-electron chi connectivity index (χ1n) is 25.2. The molecule has 0 saturated heterocycles. The molecule has 9 aromatic rings. The van der Waals surface area contributed by atoms with Crippen LogP contribution in [0.4, 0.5) is 11.4 Å². The molecule has 1 spiro atoms. The highest BCUT2D eigenvalue weighted by Crippen LogP contribution is 2.66. The van der Waals surface area contributed by atoms with Crippen molar-refractivity contribution in [1.82, 2.24) is 4.57 Å². The molecule has 4 nitrogen and oxygen atoms in total. The first kappa shape index (κ1) is 42.1. The van der Waals surface area contributed by atoms with E-state index < -0.39 is 0 Å². The van der Waals surface area contributed by atoms with Crippen molar-refractivity contribution >= 4 is 33.9 Å². The maximum absolute atomic E-state index is 7.28. The number of rotatable bonds is 8. The van der Waals surface area contributed by atoms with Gasteiger partial charge in [0.05, 0.1) is 16.6 Å². The van der Waals surface area contributed by atoms with Crippen LogP contribution in [-0.4, -0.2) is 4.57 Å². The molecule has 0 bridgehead atoms. The summed E-state index contributed by atoms with van der Waals surface area (Å²) in [6, 6.07) is 70.5. The van der Waals surface area contributed by atoms with Crippen LogP contribution in [0, 0.1) is 12.8 Å². The molecule has 0 fully saturated rings. The molecular formula is C68H50N2O2. The Labute approximate surface area is 420 Å². The van der Waals surface area contributed by atoms with Gasteiger partial charge in [0, 0.05) is 51.1 Å². The lowest BCUT2D eigenvalue weighted by Crippen LogP contribution is -2.34. The standard InChI is InChI=1S/C68H50N2O2/c1-3-4-33-61-44(2)50-24-11-16-34-62(50)70(61)48-39-37-45(38-40-48)46-20-18-23-49(41-46)69(47-21-6-5-7-22-47)63-35-17-12-28-54(63)55-29-19-36-64-67(55)72-66-43-60-56(42-65(66)71-64)53-27-10-15-32-59(53)68(60)57-30-13-8-25-51(57)52-26-9-14-31-58(52)68/h3-17,19-22,24-43,56,60H,1,18,23H2,2H3/b33-4-. The topological polar surface area (TPSA) is 26.6 Å². The number of aryl methyl sites for hydroxylation is 1. The highest BCUT2D eigenvalue weighted by atomic mass is 16.6. The van der Waals surface area contributed by atoms with E-state index in [0.717, 1.165) is 64.0 Å². The number of hydrogen-bond donors (Lipinski definition) is 0. The average Bonchev–Trinajstić information content (AvgIpc) is 4.02. The summed E-state index contributed by atoms with van der Waals surface area (Å²) in [4.78, 5) is 2.44. The van der Waals surface area contributed by atoms with Crippen LogP contribution in [0.1, 0.15) is 57.8 Å². The van der Waals surface area contributed by atoms with Gasteiger partial charge in [-0.15, -0.1) is 0 Å². The molecule has 14 rings (SSSR count). The summed E-state index contributed by atoms with van der Waals surface area (Å²) in [6.45, 7) is 6.14. The van der Waals surface area contributed by atoms with E-state index in [1.807, 2.05) is 18.2 Å². The fourth-order valence-corrected chi connectivity index (χ4v) is 12.8. The Kier molecular flexibility index (Phi) is 9.72. The monoisotopic (exact) mass is 926 g/mol. The normalized spacial score (nSPS) is 17.5. The molecule has 0 saturated carbocycles. The summed E-state index contributed by atoms with van der Waals surface area (Å²) < 4.78 is 16.6. The second-order valence-corrected chi connectivity index (χ2v) is 19.5. The number of para-hydroxylation sites is 4. The fraction of sp³-hybridized carbons (Fsp3) is 0.0882. The van der Waals surface area contributed by atoms with Crippen LogP contribution < -0.4 is 14.4 Å². The zero-order valence-electron chi connectivity index (χ0n) is 40.0. The number of fused-ring (bicyclic) bond motifs is 13. The van der Waals surface area contributed by atoms with Crippen LogP contribution in [-0.2, 0) is 5.41 Å². The molecule has 0 amide bonds. The molecular weight excluding hydrogens is 877 g/mol. The third kappa shape index (κ3) is 6.25. The molecule has 0 radical (unpaired) electrons. The van der Waals surface area contributed by atoms with Gasteiger partial charge in [0.25, 0.3) is 0 Å². The average molecular weight is 927 g/mol. The summed E-state index contributed by atoms with van der Waals surface area (Å²) in [7, 11) is 0. The van der Waals surface area contributed by atoms with Crippen molar-refractivity contribution in [1.29, 1.82) is 0 Å². The number of benzene rings is 8. The van der Waals surface area contributed by atoms with Gasteiger partial charge < -0.3 is 18.9 Å². The maximum atomic E-state index is 7.28. The van der Waals surface area contributed by atoms with E-state index in [2.05, 4.69) is 241 Å². The fourth-order valence-electron chi connectivity index (χ4n) is 12.8. The molecule has 72 heavy (non-hydrogen) atoms. The summed E-state index contributed by atoms with van der Waals surface area (Å²) in [6.07, 6.45) is 17.3. The van der Waals surface area contributed by atoms with Gasteiger partial charge in [-0.2, -0.15) is 0 Å². The first-order chi connectivity index (χ1) is 35.6. The molecule has 4 aliphatic carbocycles. The highest BCUT2D eigenvalue weighted by molar-refractivity contribution is 5.92. The van der Waals surface area contributed by atoms with Crippen LogP contribution >= 0.6 is 0 Å². The maximum Gasteiger partial charge on any atom is 0.178 e. The molecule has 2 atom stereocenters. The minimum Gasteiger partial charge on any atom is -0.450 e. The molecule has 2 heterocycles. The van der Waals surface area contributed by atoms with E-state index in [-0.39, 0.29) is 17.3 Å². The SMILES string of the molecule is C=C/C=C\c1c(C)c2ccccc2n1-c1ccc(C2=CCCC(N(c3ccccc3)c3ccccc3-c3cccc4c3OC3=CC5C(C=C3O4)c3ccccc3C53c4ccccc4-c4ccccc43)=C2)cc1. The van der Waals surface area contributed by atoms with Crippen LogP contribution in [0.2, 0.25) is 0 Å². The Bertz CT molecular complexity index is 3810. The third-order valence-electron chi connectivity index (χ3n) is 15.8. The van der Waals surface area contributed by atoms with E-state index in [1.165, 1.54) is 66.7 Å². The predicted molar refractivity (Wildman–Crippen MR) is 295 cm³/mol. The number of nitrogens with zero attached hydrogens (tertiary/aromatic N) is 2. The number of aromatic nitrogens is 1. The Hall–Kier alpha value is -8.86. The molecule has 4 heteroatoms. The summed E-state index contributed by atoms with van der Waals surface area (Å²) in [5.74, 6) is 3.16. The number of anilines is 2. The van der Waals surface area contributed by atoms with Crippen LogP contribution in [0.15, 0.2) is 254 Å². The van der Waals surface area contributed by atoms with Crippen LogP contribution in [0.25, 0.3) is 50.5 Å². The zero-order chi connectivity index (χ0) is 47.9. The Morgan fingerprint density at radius 2 is 1.29 bits per heavy atom. The van der Waals surface area contributed by atoms with Crippen molar-refractivity contribution in [3.8, 4) is 39.4 Å². The van der Waals surface area contributed by atoms with Crippen molar-refractivity contribution in [2.45, 2.75) is 31.1 Å². The zero-order valence-corrected chi connectivity index (χ0v) is 40.0. The van der Waals surface area contributed by atoms with Gasteiger partial charge in [-0.3, -0.25) is 0 Å². The van der Waals surface area contributed by atoms with E-state index in [1.54, 1.807) is 0 Å². The lowest BCUT2D eigenvalue weighted by atomic mass is 9.65. The van der Waals surface area contributed by atoms with E-state index >= 15 is 0 Å². The van der Waals surface area contributed by atoms with Crippen molar-refractivity contribution in [2.24, 2.45) is 5.92 Å². The second kappa shape index (κ2) is 16.6. The van der Waals surface area contributed by atoms with Gasteiger partial charge in [-0.25, -0.2) is 0 Å². The molecule has 8 aromatic carbocycles. The molecule has 5 aliphatic rings. The number of allylic oxidation sites excluding steroid dienone is 8. The largest absolute Gasteiger partial charge is 0.450 e. The number of hydrogen-bond acceptors (Lipinski definition) is 3. The Balaban J connectivity index is 0.847. The first-order valence-corrected chi connectivity index (χ1v) is 25.2. The van der Waals surface area contributed by atoms with Crippen molar-refractivity contribution in [3.05, 3.63) is 293 Å². The molecule has 1 aromatic heterocycles. The Morgan fingerprint density at radius 3 is 2.08 bits per heavy atom. The lowest BCUT2D eigenvalue weighted by molar-refractivity contribution is 0.276. The highest BCUT2D eigenvalue weighted by Gasteiger charge is 2.58. The summed E-state index contributed by atoms with van der Waals surface area (Å²) >= 11 is 0. The molecule has 1 aliphatic heterocycles. The van der Waals surface area contributed by atoms with Gasteiger partial charge in [-0.05, 0) is 137 Å². The van der Waals surface area contributed by atoms with Gasteiger partial charge in [0.15, 0.2) is 23.0 Å². The van der Waals surface area contributed by atoms with Gasteiger partial charge in [0.2, 0.25) is 0 Å². The third-order valence-corrected chi connectivity index (χ3v) is 15.8. The van der Waals surface area contributed by atoms with Crippen LogP contribution in [0.3, 0.4) is 0 Å². The summed E-state index contributed by atoms with van der Waals surface area (Å²) in [5, 5.41) is 1.25. The molecule has 344 valence electrons. The predicted octanol–water partition coefficient (Wildman–Crippen LogP) is 17.0. The van der Waals surface area contributed by atoms with E-state index in [4.69, 9.17) is 9.47 Å². The van der Waals surface area contributed by atoms with Crippen molar-refractivity contribution in [2.75, 3.05) is 4.90 Å². The smallest absolute Gasteiger partial charge is 0.178 e. The van der Waals surface area contributed by atoms with Crippen molar-refractivity contribution in [3.63, 3.8) is 0 Å². The molecule has 2 unspecified atom stereocenters. The van der Waals surface area contributed by atoms with E-state index in [9.17, 15) is 0 Å². The Morgan fingerprint density at radius 1 is 0.625 bits per heavy atom. The lowest BCUT2D eigenvalue weighted by Gasteiger charge is -2.38. The minimum absolute atomic E-state index is 0.0725.